The summed E-state index contributed by atoms with van der Waals surface area (Å²) in [5.74, 6) is 2.68. The van der Waals surface area contributed by atoms with E-state index in [1.54, 1.807) is 7.11 Å². The fraction of sp³-hybridized carbons (Fsp3) is 0.348. The van der Waals surface area contributed by atoms with Gasteiger partial charge in [-0.2, -0.15) is 4.98 Å². The molecule has 0 bridgehead atoms. The van der Waals surface area contributed by atoms with Crippen LogP contribution in [0.4, 0.5) is 0 Å². The van der Waals surface area contributed by atoms with Gasteiger partial charge in [0.25, 0.3) is 0 Å². The average Bonchev–Trinajstić information content (AvgIpc) is 3.24. The van der Waals surface area contributed by atoms with E-state index in [-0.39, 0.29) is 5.91 Å². The number of hydrogen-bond donors (Lipinski definition) is 0. The number of methoxy groups -OCH3 is 1. The highest BCUT2D eigenvalue weighted by Crippen LogP contribution is 2.24. The van der Waals surface area contributed by atoms with Crippen molar-refractivity contribution in [3.8, 4) is 17.1 Å². The normalized spacial score (nSPS) is 14.7. The standard InChI is InChI=1S/C23H24BrN3O3/c1-29-20-8-4-18(5-9-20)23-25-21(30-26-23)14-17-10-12-27(13-11-17)22(28)15-16-2-6-19(24)7-3-16/h2-9,17H,10-15H2,1H3. The van der Waals surface area contributed by atoms with Gasteiger partial charge in [-0.3, -0.25) is 4.79 Å². The lowest BCUT2D eigenvalue weighted by molar-refractivity contribution is -0.131. The number of hydrogen-bond acceptors (Lipinski definition) is 5. The van der Waals surface area contributed by atoms with Crippen LogP contribution in [0.1, 0.15) is 24.3 Å². The molecule has 1 saturated heterocycles. The minimum Gasteiger partial charge on any atom is -0.497 e. The van der Waals surface area contributed by atoms with Crippen LogP contribution >= 0.6 is 15.9 Å². The van der Waals surface area contributed by atoms with E-state index in [9.17, 15) is 4.79 Å². The number of nitrogens with zero attached hydrogens (tertiary/aromatic N) is 3. The van der Waals surface area contributed by atoms with Crippen LogP contribution in [0.25, 0.3) is 11.4 Å². The maximum absolute atomic E-state index is 12.6. The lowest BCUT2D eigenvalue weighted by atomic mass is 9.93. The zero-order valence-corrected chi connectivity index (χ0v) is 18.5. The largest absolute Gasteiger partial charge is 0.497 e. The molecule has 7 heteroatoms. The molecule has 2 aromatic carbocycles. The Kier molecular flexibility index (Phi) is 6.47. The van der Waals surface area contributed by atoms with Crippen LogP contribution in [0.5, 0.6) is 5.75 Å². The van der Waals surface area contributed by atoms with E-state index >= 15 is 0 Å². The molecule has 0 N–H and O–H groups in total. The number of amides is 1. The Hall–Kier alpha value is -2.67. The number of carbonyl (C=O) groups excluding carboxylic acids is 1. The molecule has 2 heterocycles. The van der Waals surface area contributed by atoms with Crippen molar-refractivity contribution >= 4 is 21.8 Å². The summed E-state index contributed by atoms with van der Waals surface area (Å²) in [6.07, 6.45) is 3.10. The Bertz CT molecular complexity index is 978. The Balaban J connectivity index is 1.28. The highest BCUT2D eigenvalue weighted by Gasteiger charge is 2.24. The second-order valence-corrected chi connectivity index (χ2v) is 8.49. The molecule has 0 radical (unpaired) electrons. The van der Waals surface area contributed by atoms with Gasteiger partial charge < -0.3 is 14.2 Å². The van der Waals surface area contributed by atoms with E-state index < -0.39 is 0 Å². The van der Waals surface area contributed by atoms with Crippen LogP contribution in [0.3, 0.4) is 0 Å². The van der Waals surface area contributed by atoms with Crippen LogP contribution in [0, 0.1) is 5.92 Å². The molecule has 1 fully saturated rings. The number of aromatic nitrogens is 2. The molecular weight excluding hydrogens is 446 g/mol. The van der Waals surface area contributed by atoms with E-state index in [1.165, 1.54) is 0 Å². The summed E-state index contributed by atoms with van der Waals surface area (Å²) in [5, 5.41) is 4.11. The van der Waals surface area contributed by atoms with Gasteiger partial charge in [0.1, 0.15) is 5.75 Å². The molecule has 4 rings (SSSR count). The van der Waals surface area contributed by atoms with Gasteiger partial charge >= 0.3 is 0 Å². The van der Waals surface area contributed by atoms with Crippen molar-refractivity contribution in [1.29, 1.82) is 0 Å². The van der Waals surface area contributed by atoms with E-state index in [0.717, 1.165) is 53.7 Å². The Labute approximate surface area is 184 Å². The smallest absolute Gasteiger partial charge is 0.227 e. The molecule has 6 nitrogen and oxygen atoms in total. The lowest BCUT2D eigenvalue weighted by Crippen LogP contribution is -2.39. The second-order valence-electron chi connectivity index (χ2n) is 7.57. The summed E-state index contributed by atoms with van der Waals surface area (Å²) >= 11 is 3.42. The minimum absolute atomic E-state index is 0.190. The predicted octanol–water partition coefficient (Wildman–Crippen LogP) is 4.53. The monoisotopic (exact) mass is 469 g/mol. The fourth-order valence-electron chi connectivity index (χ4n) is 3.72. The number of piperidine rings is 1. The van der Waals surface area contributed by atoms with Crippen LogP contribution < -0.4 is 4.74 Å². The molecule has 1 aliphatic rings. The summed E-state index contributed by atoms with van der Waals surface area (Å²) < 4.78 is 11.7. The number of likely N-dealkylation sites (tertiary alicyclic amines) is 1. The van der Waals surface area contributed by atoms with Crippen LogP contribution in [-0.2, 0) is 17.6 Å². The Morgan fingerprint density at radius 2 is 1.83 bits per heavy atom. The van der Waals surface area contributed by atoms with Crippen LogP contribution in [-0.4, -0.2) is 41.1 Å². The fourth-order valence-corrected chi connectivity index (χ4v) is 3.98. The van der Waals surface area contributed by atoms with Crippen molar-refractivity contribution < 1.29 is 14.1 Å². The van der Waals surface area contributed by atoms with Crippen molar-refractivity contribution in [3.63, 3.8) is 0 Å². The zero-order valence-electron chi connectivity index (χ0n) is 16.9. The van der Waals surface area contributed by atoms with Crippen molar-refractivity contribution in [2.24, 2.45) is 5.92 Å². The number of ether oxygens (including phenoxy) is 1. The third-order valence-electron chi connectivity index (χ3n) is 5.52. The molecule has 3 aromatic rings. The lowest BCUT2D eigenvalue weighted by Gasteiger charge is -2.31. The molecule has 1 aromatic heterocycles. The second kappa shape index (κ2) is 9.43. The first-order valence-corrected chi connectivity index (χ1v) is 10.9. The van der Waals surface area contributed by atoms with E-state index in [0.29, 0.717) is 24.1 Å². The first-order chi connectivity index (χ1) is 14.6. The molecule has 0 atom stereocenters. The van der Waals surface area contributed by atoms with Gasteiger partial charge in [0, 0.05) is 29.5 Å². The van der Waals surface area contributed by atoms with Gasteiger partial charge in [-0.15, -0.1) is 0 Å². The molecule has 30 heavy (non-hydrogen) atoms. The number of carbonyl (C=O) groups is 1. The van der Waals surface area contributed by atoms with Gasteiger partial charge in [0.05, 0.1) is 13.5 Å². The van der Waals surface area contributed by atoms with Crippen molar-refractivity contribution in [3.05, 3.63) is 64.5 Å². The molecule has 1 amide bonds. The van der Waals surface area contributed by atoms with Crippen molar-refractivity contribution in [2.45, 2.75) is 25.7 Å². The van der Waals surface area contributed by atoms with Gasteiger partial charge in [0.15, 0.2) is 0 Å². The summed E-state index contributed by atoms with van der Waals surface area (Å²) in [4.78, 5) is 19.1. The summed E-state index contributed by atoms with van der Waals surface area (Å²) in [7, 11) is 1.64. The molecule has 0 spiro atoms. The van der Waals surface area contributed by atoms with E-state index in [2.05, 4.69) is 26.1 Å². The predicted molar refractivity (Wildman–Crippen MR) is 117 cm³/mol. The Morgan fingerprint density at radius 3 is 2.50 bits per heavy atom. The Morgan fingerprint density at radius 1 is 1.13 bits per heavy atom. The number of halogens is 1. The number of benzene rings is 2. The van der Waals surface area contributed by atoms with Gasteiger partial charge in [-0.05, 0) is 60.7 Å². The van der Waals surface area contributed by atoms with Crippen molar-refractivity contribution in [2.75, 3.05) is 20.2 Å². The first-order valence-electron chi connectivity index (χ1n) is 10.1. The van der Waals surface area contributed by atoms with Gasteiger partial charge in [0.2, 0.25) is 17.6 Å². The highest BCUT2D eigenvalue weighted by atomic mass is 79.9. The van der Waals surface area contributed by atoms with E-state index in [4.69, 9.17) is 9.26 Å². The molecule has 156 valence electrons. The molecule has 0 unspecified atom stereocenters. The van der Waals surface area contributed by atoms with Crippen LogP contribution in [0.2, 0.25) is 0 Å². The molecule has 1 aliphatic heterocycles. The summed E-state index contributed by atoms with van der Waals surface area (Å²) in [6.45, 7) is 1.55. The quantitative estimate of drug-likeness (QED) is 0.530. The highest BCUT2D eigenvalue weighted by molar-refractivity contribution is 9.10. The van der Waals surface area contributed by atoms with Crippen LogP contribution in [0.15, 0.2) is 57.5 Å². The zero-order chi connectivity index (χ0) is 20.9. The van der Waals surface area contributed by atoms with Crippen molar-refractivity contribution in [1.82, 2.24) is 15.0 Å². The van der Waals surface area contributed by atoms with Gasteiger partial charge in [-0.25, -0.2) is 0 Å². The van der Waals surface area contributed by atoms with E-state index in [1.807, 2.05) is 53.4 Å². The van der Waals surface area contributed by atoms with Gasteiger partial charge in [-0.1, -0.05) is 33.2 Å². The first kappa shape index (κ1) is 20.6. The SMILES string of the molecule is COc1ccc(-c2noc(CC3CCN(C(=O)Cc4ccc(Br)cc4)CC3)n2)cc1. The molecular formula is C23H24BrN3O3. The third-order valence-corrected chi connectivity index (χ3v) is 6.04. The summed E-state index contributed by atoms with van der Waals surface area (Å²) in [6, 6.07) is 15.5. The minimum atomic E-state index is 0.190. The average molecular weight is 470 g/mol. The topological polar surface area (TPSA) is 68.5 Å². The third kappa shape index (κ3) is 5.08. The maximum Gasteiger partial charge on any atom is 0.227 e. The summed E-state index contributed by atoms with van der Waals surface area (Å²) in [5.41, 5.74) is 1.95. The number of rotatable bonds is 6. The molecule has 0 aliphatic carbocycles. The maximum atomic E-state index is 12.6. The molecule has 0 saturated carbocycles.